The Morgan fingerprint density at radius 3 is 2.38 bits per heavy atom. The van der Waals surface area contributed by atoms with Gasteiger partial charge in [-0.25, -0.2) is 0 Å². The van der Waals surface area contributed by atoms with Crippen LogP contribution in [0.15, 0.2) is 30.3 Å². The quantitative estimate of drug-likeness (QED) is 0.735. The van der Waals surface area contributed by atoms with Crippen molar-refractivity contribution in [2.24, 2.45) is 11.8 Å². The largest absolute Gasteiger partial charge is 0.394 e. The number of hydrogen-bond acceptors (Lipinski definition) is 3. The maximum Gasteiger partial charge on any atom is 0.226 e. The monoisotopic (exact) mass is 396 g/mol. The van der Waals surface area contributed by atoms with E-state index in [1.807, 2.05) is 24.9 Å². The van der Waals surface area contributed by atoms with Gasteiger partial charge in [0, 0.05) is 31.8 Å². The van der Waals surface area contributed by atoms with Crippen LogP contribution in [-0.2, 0) is 9.59 Å². The lowest BCUT2D eigenvalue weighted by Gasteiger charge is -2.56. The minimum absolute atomic E-state index is 0.0457. The zero-order valence-corrected chi connectivity index (χ0v) is 17.5. The molecule has 3 atom stereocenters. The number of amides is 2. The molecular formula is C24H32N2O3. The molecule has 5 nitrogen and oxygen atoms in total. The summed E-state index contributed by atoms with van der Waals surface area (Å²) in [6.07, 6.45) is 8.88. The molecule has 2 saturated carbocycles. The van der Waals surface area contributed by atoms with E-state index in [2.05, 4.69) is 30.3 Å². The third kappa shape index (κ3) is 4.25. The summed E-state index contributed by atoms with van der Waals surface area (Å²) in [7, 11) is 1.85. The topological polar surface area (TPSA) is 60.9 Å². The fourth-order valence-electron chi connectivity index (χ4n) is 4.59. The van der Waals surface area contributed by atoms with Crippen molar-refractivity contribution in [2.75, 3.05) is 20.2 Å². The molecule has 5 heteroatoms. The summed E-state index contributed by atoms with van der Waals surface area (Å²) in [5.74, 6) is 1.03. The second-order valence-electron chi connectivity index (χ2n) is 8.95. The number of aliphatic hydroxyl groups is 1. The van der Waals surface area contributed by atoms with Gasteiger partial charge in [-0.3, -0.25) is 9.59 Å². The molecule has 2 amide bonds. The van der Waals surface area contributed by atoms with Crippen LogP contribution in [-0.4, -0.2) is 59.0 Å². The highest BCUT2D eigenvalue weighted by Crippen LogP contribution is 2.45. The Hall–Kier alpha value is -2.14. The third-order valence-electron chi connectivity index (χ3n) is 6.64. The molecule has 1 aliphatic heterocycles. The van der Waals surface area contributed by atoms with Crippen molar-refractivity contribution in [2.45, 2.75) is 57.0 Å². The first-order valence-electron chi connectivity index (χ1n) is 10.9. The number of hydrogen-bond donors (Lipinski definition) is 1. The van der Waals surface area contributed by atoms with Crippen LogP contribution < -0.4 is 0 Å². The first kappa shape index (κ1) is 20.1. The summed E-state index contributed by atoms with van der Waals surface area (Å²) in [6, 6.07) is 8.08. The summed E-state index contributed by atoms with van der Waals surface area (Å²) in [5.41, 5.74) is 2.26. The molecule has 1 heterocycles. The van der Waals surface area contributed by atoms with E-state index in [0.29, 0.717) is 18.9 Å². The predicted octanol–water partition coefficient (Wildman–Crippen LogP) is 3.04. The molecule has 3 fully saturated rings. The average molecular weight is 397 g/mol. The van der Waals surface area contributed by atoms with Crippen LogP contribution in [0.25, 0.3) is 6.08 Å². The molecule has 2 aliphatic carbocycles. The van der Waals surface area contributed by atoms with Crippen molar-refractivity contribution < 1.29 is 14.7 Å². The van der Waals surface area contributed by atoms with Crippen molar-refractivity contribution in [3.63, 3.8) is 0 Å². The highest BCUT2D eigenvalue weighted by molar-refractivity contribution is 5.83. The van der Waals surface area contributed by atoms with E-state index in [-0.39, 0.29) is 42.3 Å². The van der Waals surface area contributed by atoms with Crippen molar-refractivity contribution in [1.29, 1.82) is 0 Å². The van der Waals surface area contributed by atoms with Crippen LogP contribution in [0.2, 0.25) is 0 Å². The molecule has 0 unspecified atom stereocenters. The van der Waals surface area contributed by atoms with Crippen molar-refractivity contribution in [3.05, 3.63) is 41.5 Å². The third-order valence-corrected chi connectivity index (χ3v) is 6.64. The van der Waals surface area contributed by atoms with Gasteiger partial charge in [-0.05, 0) is 49.7 Å². The smallest absolute Gasteiger partial charge is 0.226 e. The SMILES string of the molecule is CC=Cc1ccc([C@@H]2[C@@H](CO)N(C(=O)C3CC3)[C@H]2CN(C)C(=O)CC2CC2)cc1. The molecule has 0 radical (unpaired) electrons. The molecular weight excluding hydrogens is 364 g/mol. The second kappa shape index (κ2) is 8.31. The zero-order valence-electron chi connectivity index (χ0n) is 17.5. The van der Waals surface area contributed by atoms with Crippen LogP contribution in [0.4, 0.5) is 0 Å². The fourth-order valence-corrected chi connectivity index (χ4v) is 4.59. The number of allylic oxidation sites excluding steroid dienone is 1. The Morgan fingerprint density at radius 1 is 1.14 bits per heavy atom. The number of nitrogens with zero attached hydrogens (tertiary/aromatic N) is 2. The molecule has 0 bridgehead atoms. The van der Waals surface area contributed by atoms with Gasteiger partial charge in [-0.15, -0.1) is 0 Å². The van der Waals surface area contributed by atoms with E-state index in [1.165, 1.54) is 0 Å². The Balaban J connectivity index is 1.54. The van der Waals surface area contributed by atoms with Crippen LogP contribution in [0.3, 0.4) is 0 Å². The fraction of sp³-hybridized carbons (Fsp3) is 0.583. The summed E-state index contributed by atoms with van der Waals surface area (Å²) in [6.45, 7) is 2.48. The van der Waals surface area contributed by atoms with Crippen LogP contribution in [0.1, 0.15) is 56.1 Å². The zero-order chi connectivity index (χ0) is 20.5. The van der Waals surface area contributed by atoms with Gasteiger partial charge in [0.25, 0.3) is 0 Å². The van der Waals surface area contributed by atoms with Crippen LogP contribution in [0.5, 0.6) is 0 Å². The summed E-state index contributed by atoms with van der Waals surface area (Å²) in [5, 5.41) is 10.1. The van der Waals surface area contributed by atoms with Gasteiger partial charge in [-0.1, -0.05) is 36.4 Å². The molecule has 1 saturated heterocycles. The number of likely N-dealkylation sites (N-methyl/N-ethyl adjacent to an activating group) is 1. The van der Waals surface area contributed by atoms with E-state index in [0.717, 1.165) is 36.8 Å². The minimum Gasteiger partial charge on any atom is -0.394 e. The number of carbonyl (C=O) groups is 2. The van der Waals surface area contributed by atoms with Crippen molar-refractivity contribution in [3.8, 4) is 0 Å². The van der Waals surface area contributed by atoms with E-state index in [1.54, 1.807) is 4.90 Å². The maximum atomic E-state index is 12.9. The molecule has 0 aromatic heterocycles. The van der Waals surface area contributed by atoms with E-state index >= 15 is 0 Å². The maximum absolute atomic E-state index is 12.9. The number of aliphatic hydroxyl groups excluding tert-OH is 1. The van der Waals surface area contributed by atoms with Gasteiger partial charge in [0.15, 0.2) is 0 Å². The second-order valence-corrected chi connectivity index (χ2v) is 8.95. The Bertz CT molecular complexity index is 780. The Morgan fingerprint density at radius 2 is 1.83 bits per heavy atom. The molecule has 1 aromatic carbocycles. The van der Waals surface area contributed by atoms with Gasteiger partial charge < -0.3 is 14.9 Å². The number of rotatable bonds is 8. The summed E-state index contributed by atoms with van der Waals surface area (Å²) < 4.78 is 0. The van der Waals surface area contributed by atoms with Crippen molar-refractivity contribution >= 4 is 17.9 Å². The molecule has 1 aromatic rings. The lowest BCUT2D eigenvalue weighted by molar-refractivity contribution is -0.155. The first-order chi connectivity index (χ1) is 14.0. The number of benzene rings is 1. The highest BCUT2D eigenvalue weighted by Gasteiger charge is 2.54. The van der Waals surface area contributed by atoms with E-state index < -0.39 is 0 Å². The van der Waals surface area contributed by atoms with Gasteiger partial charge in [0.1, 0.15) is 0 Å². The lowest BCUT2D eigenvalue weighted by atomic mass is 9.74. The first-order valence-corrected chi connectivity index (χ1v) is 10.9. The molecule has 29 heavy (non-hydrogen) atoms. The summed E-state index contributed by atoms with van der Waals surface area (Å²) >= 11 is 0. The number of likely N-dealkylation sites (tertiary alicyclic amines) is 1. The average Bonchev–Trinajstić information content (AvgIpc) is 3.60. The Labute approximate surface area is 173 Å². The van der Waals surface area contributed by atoms with Gasteiger partial charge in [-0.2, -0.15) is 0 Å². The predicted molar refractivity (Wildman–Crippen MR) is 113 cm³/mol. The molecule has 0 spiro atoms. The van der Waals surface area contributed by atoms with Gasteiger partial charge in [0.2, 0.25) is 11.8 Å². The van der Waals surface area contributed by atoms with E-state index in [9.17, 15) is 14.7 Å². The minimum atomic E-state index is -0.201. The molecule has 156 valence electrons. The molecule has 1 N–H and O–H groups in total. The number of carbonyl (C=O) groups excluding carboxylic acids is 2. The Kier molecular flexibility index (Phi) is 5.77. The van der Waals surface area contributed by atoms with Gasteiger partial charge >= 0.3 is 0 Å². The normalized spacial score (nSPS) is 26.4. The molecule has 4 rings (SSSR count). The van der Waals surface area contributed by atoms with Crippen molar-refractivity contribution in [1.82, 2.24) is 9.80 Å². The van der Waals surface area contributed by atoms with E-state index in [4.69, 9.17) is 0 Å². The molecule has 3 aliphatic rings. The van der Waals surface area contributed by atoms with Crippen LogP contribution >= 0.6 is 0 Å². The standard InChI is InChI=1S/C24H32N2O3/c1-3-4-16-7-9-18(10-8-16)23-20(14-25(2)22(28)13-17-5-6-17)26(21(23)15-27)24(29)19-11-12-19/h3-4,7-10,17,19-21,23,27H,5-6,11-15H2,1-2H3/t20-,21+,23-/m0/s1. The van der Waals surface area contributed by atoms with Crippen LogP contribution in [0, 0.1) is 11.8 Å². The highest BCUT2D eigenvalue weighted by atomic mass is 16.3. The summed E-state index contributed by atoms with van der Waals surface area (Å²) in [4.78, 5) is 29.2. The van der Waals surface area contributed by atoms with Gasteiger partial charge in [0.05, 0.1) is 18.7 Å². The lowest BCUT2D eigenvalue weighted by Crippen LogP contribution is -2.69.